The van der Waals surface area contributed by atoms with E-state index in [0.717, 1.165) is 6.08 Å². The lowest BCUT2D eigenvalue weighted by Crippen LogP contribution is -2.26. The summed E-state index contributed by atoms with van der Waals surface area (Å²) in [5.41, 5.74) is 1.71. The van der Waals surface area contributed by atoms with E-state index in [1.54, 1.807) is 12.4 Å². The highest BCUT2D eigenvalue weighted by Gasteiger charge is 2.10. The van der Waals surface area contributed by atoms with Crippen LogP contribution in [0, 0.1) is 0 Å². The monoisotopic (exact) mass is 193 g/mol. The van der Waals surface area contributed by atoms with Crippen LogP contribution in [0.2, 0.25) is 0 Å². The van der Waals surface area contributed by atoms with E-state index < -0.39 is 16.0 Å². The van der Waals surface area contributed by atoms with Gasteiger partial charge < -0.3 is 0 Å². The van der Waals surface area contributed by atoms with E-state index in [9.17, 15) is 13.2 Å². The van der Waals surface area contributed by atoms with Crippen molar-refractivity contribution in [2.75, 3.05) is 5.75 Å². The highest BCUT2D eigenvalue weighted by atomic mass is 32.2. The number of rotatable bonds is 5. The number of carbonyl (C=O) groups excluding carboxylic acids is 1. The average Bonchev–Trinajstić information content (AvgIpc) is 2.00. The fraction of sp³-hybridized carbons (Fsp3) is 0.500. The van der Waals surface area contributed by atoms with Crippen molar-refractivity contribution in [3.8, 4) is 0 Å². The van der Waals surface area contributed by atoms with Gasteiger partial charge in [-0.1, -0.05) is 13.5 Å². The Hall–Kier alpha value is -0.880. The molecule has 12 heavy (non-hydrogen) atoms. The van der Waals surface area contributed by atoms with Gasteiger partial charge in [0.15, 0.2) is 0 Å². The normalized spacial score (nSPS) is 10.8. The number of amides is 1. The smallest absolute Gasteiger partial charge is 0.268 e. The lowest BCUT2D eigenvalue weighted by atomic mass is 10.6. The van der Waals surface area contributed by atoms with Crippen LogP contribution in [0.4, 0.5) is 0 Å². The predicted octanol–water partition coefficient (Wildman–Crippen LogP) is -0.0400. The van der Waals surface area contributed by atoms with Crippen LogP contribution in [0.1, 0.15) is 13.3 Å². The number of hydrogen-bond acceptors (Lipinski definition) is 4. The van der Waals surface area contributed by atoms with Crippen molar-refractivity contribution < 1.29 is 17.5 Å². The molecule has 6 heteroatoms. The summed E-state index contributed by atoms with van der Waals surface area (Å²) < 4.78 is 25.7. The Morgan fingerprint density at radius 3 is 2.67 bits per heavy atom. The van der Waals surface area contributed by atoms with E-state index in [0.29, 0.717) is 6.42 Å². The molecular formula is C6H11NO4S. The largest absolute Gasteiger partial charge is 0.287 e. The van der Waals surface area contributed by atoms with Gasteiger partial charge in [-0.25, -0.2) is 5.48 Å². The zero-order chi connectivity index (χ0) is 9.61. The first-order chi connectivity index (χ1) is 5.52. The van der Waals surface area contributed by atoms with Crippen LogP contribution < -0.4 is 5.48 Å². The zero-order valence-corrected chi connectivity index (χ0v) is 7.56. The Kier molecular flexibility index (Phi) is 4.53. The van der Waals surface area contributed by atoms with Gasteiger partial charge in [0, 0.05) is 0 Å². The molecule has 5 nitrogen and oxygen atoms in total. The van der Waals surface area contributed by atoms with Crippen molar-refractivity contribution in [1.29, 1.82) is 0 Å². The Bertz CT molecular complexity index is 257. The van der Waals surface area contributed by atoms with Crippen LogP contribution >= 0.6 is 0 Å². The molecule has 70 valence electrons. The van der Waals surface area contributed by atoms with Crippen molar-refractivity contribution in [2.24, 2.45) is 0 Å². The molecule has 0 aliphatic rings. The molecule has 0 aliphatic heterocycles. The molecule has 0 aromatic carbocycles. The number of hydroxylamine groups is 1. The Balaban J connectivity index is 3.92. The summed E-state index contributed by atoms with van der Waals surface area (Å²) in [6.07, 6.45) is 1.35. The van der Waals surface area contributed by atoms with Crippen molar-refractivity contribution in [1.82, 2.24) is 5.48 Å². The fourth-order valence-corrected chi connectivity index (χ4v) is 1.23. The number of hydrogen-bond donors (Lipinski definition) is 1. The average molecular weight is 193 g/mol. The van der Waals surface area contributed by atoms with Crippen LogP contribution in [0.25, 0.3) is 0 Å². The van der Waals surface area contributed by atoms with Crippen LogP contribution in [0.3, 0.4) is 0 Å². The van der Waals surface area contributed by atoms with E-state index in [2.05, 4.69) is 10.9 Å². The van der Waals surface area contributed by atoms with E-state index in [4.69, 9.17) is 0 Å². The Labute approximate surface area is 71.5 Å². The highest BCUT2D eigenvalue weighted by molar-refractivity contribution is 7.86. The van der Waals surface area contributed by atoms with Crippen molar-refractivity contribution in [3.63, 3.8) is 0 Å². The molecule has 1 N–H and O–H groups in total. The standard InChI is InChI=1S/C6H11NO4S/c1-3-5-12(9,10)11-7-6(8)4-2/h4H,2-3,5H2,1H3,(H,7,8). The molecule has 1 amide bonds. The summed E-state index contributed by atoms with van der Waals surface area (Å²) in [5, 5.41) is 0. The maximum absolute atomic E-state index is 10.8. The molecule has 0 spiro atoms. The highest BCUT2D eigenvalue weighted by Crippen LogP contribution is 1.92. The first kappa shape index (κ1) is 11.1. The second-order valence-corrected chi connectivity index (χ2v) is 3.71. The van der Waals surface area contributed by atoms with E-state index in [1.165, 1.54) is 0 Å². The molecule has 0 unspecified atom stereocenters. The second-order valence-electron chi connectivity index (χ2n) is 2.02. The lowest BCUT2D eigenvalue weighted by molar-refractivity contribution is -0.122. The van der Waals surface area contributed by atoms with Crippen molar-refractivity contribution in [2.45, 2.75) is 13.3 Å². The maximum Gasteiger partial charge on any atom is 0.287 e. The third-order valence-electron chi connectivity index (χ3n) is 0.909. The minimum absolute atomic E-state index is 0.121. The van der Waals surface area contributed by atoms with E-state index in [-0.39, 0.29) is 5.75 Å². The fourth-order valence-electron chi connectivity index (χ4n) is 0.438. The molecule has 0 atom stereocenters. The number of carbonyl (C=O) groups is 1. The van der Waals surface area contributed by atoms with Crippen molar-refractivity contribution in [3.05, 3.63) is 12.7 Å². The van der Waals surface area contributed by atoms with Gasteiger partial charge in [0.25, 0.3) is 16.0 Å². The van der Waals surface area contributed by atoms with Gasteiger partial charge in [0.2, 0.25) is 0 Å². The molecule has 0 saturated heterocycles. The van der Waals surface area contributed by atoms with Crippen molar-refractivity contribution >= 4 is 16.0 Å². The summed E-state index contributed by atoms with van der Waals surface area (Å²) >= 11 is 0. The quantitative estimate of drug-likeness (QED) is 0.491. The van der Waals surface area contributed by atoms with Gasteiger partial charge in [-0.2, -0.15) is 8.42 Å². The Morgan fingerprint density at radius 2 is 2.25 bits per heavy atom. The van der Waals surface area contributed by atoms with Gasteiger partial charge in [0.05, 0.1) is 5.75 Å². The van der Waals surface area contributed by atoms with Crippen LogP contribution in [0.15, 0.2) is 12.7 Å². The molecule has 0 saturated carbocycles. The molecule has 0 fully saturated rings. The first-order valence-electron chi connectivity index (χ1n) is 3.35. The molecule has 0 radical (unpaired) electrons. The molecule has 0 aromatic heterocycles. The minimum atomic E-state index is -3.62. The summed E-state index contributed by atoms with van der Waals surface area (Å²) in [4.78, 5) is 10.4. The van der Waals surface area contributed by atoms with Gasteiger partial charge in [0.1, 0.15) is 0 Å². The van der Waals surface area contributed by atoms with E-state index in [1.807, 2.05) is 0 Å². The molecule has 0 aromatic rings. The molecule has 0 bridgehead atoms. The third kappa shape index (κ3) is 4.86. The Morgan fingerprint density at radius 1 is 1.67 bits per heavy atom. The van der Waals surface area contributed by atoms with Gasteiger partial charge in [-0.05, 0) is 12.5 Å². The summed E-state index contributed by atoms with van der Waals surface area (Å²) in [7, 11) is -3.62. The number of nitrogens with one attached hydrogen (secondary N) is 1. The second kappa shape index (κ2) is 4.89. The molecule has 0 aliphatic carbocycles. The molecular weight excluding hydrogens is 182 g/mol. The summed E-state index contributed by atoms with van der Waals surface area (Å²) in [6.45, 7) is 4.81. The van der Waals surface area contributed by atoms with E-state index >= 15 is 0 Å². The van der Waals surface area contributed by atoms with Gasteiger partial charge in [-0.15, -0.1) is 4.28 Å². The minimum Gasteiger partial charge on any atom is -0.268 e. The van der Waals surface area contributed by atoms with Crippen LogP contribution in [-0.4, -0.2) is 20.1 Å². The lowest BCUT2D eigenvalue weighted by Gasteiger charge is -2.01. The van der Waals surface area contributed by atoms with Crippen LogP contribution in [0.5, 0.6) is 0 Å². The zero-order valence-electron chi connectivity index (χ0n) is 6.74. The first-order valence-corrected chi connectivity index (χ1v) is 4.93. The predicted molar refractivity (Wildman–Crippen MR) is 43.5 cm³/mol. The molecule has 0 heterocycles. The van der Waals surface area contributed by atoms with Crippen LogP contribution in [-0.2, 0) is 19.2 Å². The topological polar surface area (TPSA) is 72.5 Å². The summed E-state index contributed by atoms with van der Waals surface area (Å²) in [6, 6.07) is 0. The molecule has 0 rings (SSSR count). The summed E-state index contributed by atoms with van der Waals surface area (Å²) in [5.74, 6) is -0.806. The van der Waals surface area contributed by atoms with Gasteiger partial charge in [-0.3, -0.25) is 4.79 Å². The maximum atomic E-state index is 10.8. The third-order valence-corrected chi connectivity index (χ3v) is 2.15. The van der Waals surface area contributed by atoms with Gasteiger partial charge >= 0.3 is 0 Å². The SMILES string of the molecule is C=CC(=O)NOS(=O)(=O)CCC.